The van der Waals surface area contributed by atoms with Crippen molar-refractivity contribution in [1.29, 1.82) is 0 Å². The van der Waals surface area contributed by atoms with Gasteiger partial charge in [-0.05, 0) is 50.1 Å². The lowest BCUT2D eigenvalue weighted by Crippen LogP contribution is -2.49. The Kier molecular flexibility index (Phi) is 6.34. The van der Waals surface area contributed by atoms with Crippen LogP contribution in [-0.2, 0) is 0 Å². The molecule has 8 nitrogen and oxygen atoms in total. The molecular weight excluding hydrogens is 445 g/mol. The largest absolute Gasteiger partial charge is 0.478 e. The van der Waals surface area contributed by atoms with E-state index in [1.807, 2.05) is 31.3 Å². The van der Waals surface area contributed by atoms with E-state index in [9.17, 15) is 4.39 Å². The highest BCUT2D eigenvalue weighted by Crippen LogP contribution is 2.33. The summed E-state index contributed by atoms with van der Waals surface area (Å²) in [6.07, 6.45) is 9.61. The molecule has 5 rings (SSSR count). The van der Waals surface area contributed by atoms with Crippen LogP contribution < -0.4 is 15.1 Å². The number of nitrogens with one attached hydrogen (secondary N) is 1. The molecule has 0 atom stereocenters. The Morgan fingerprint density at radius 1 is 1.18 bits per heavy atom. The molecule has 0 unspecified atom stereocenters. The molecule has 0 bridgehead atoms. The molecule has 2 fully saturated rings. The van der Waals surface area contributed by atoms with Crippen molar-refractivity contribution in [1.82, 2.24) is 30.4 Å². The number of hydrogen-bond acceptors (Lipinski definition) is 8. The third kappa shape index (κ3) is 4.75. The topological polar surface area (TPSA) is 60.0 Å². The monoisotopic (exact) mass is 471 g/mol. The first-order valence-electron chi connectivity index (χ1n) is 11.2. The van der Waals surface area contributed by atoms with Crippen molar-refractivity contribution in [3.05, 3.63) is 65.3 Å². The molecule has 0 radical (unpaired) electrons. The van der Waals surface area contributed by atoms with Crippen LogP contribution in [0.3, 0.4) is 0 Å². The number of anilines is 1. The van der Waals surface area contributed by atoms with E-state index in [1.54, 1.807) is 12.4 Å². The molecule has 174 valence electrons. The van der Waals surface area contributed by atoms with Crippen LogP contribution in [0.15, 0.2) is 48.9 Å². The van der Waals surface area contributed by atoms with Crippen LogP contribution in [0.2, 0.25) is 5.02 Å². The van der Waals surface area contributed by atoms with E-state index in [1.165, 1.54) is 12.1 Å². The Bertz CT molecular complexity index is 1060. The fourth-order valence-electron chi connectivity index (χ4n) is 4.43. The Labute approximate surface area is 197 Å². The van der Waals surface area contributed by atoms with E-state index in [4.69, 9.17) is 16.3 Å². The fraction of sp³-hybridized carbons (Fsp3) is 0.391. The molecule has 3 aliphatic rings. The van der Waals surface area contributed by atoms with E-state index in [0.717, 1.165) is 49.7 Å². The maximum atomic E-state index is 13.5. The summed E-state index contributed by atoms with van der Waals surface area (Å²) >= 11 is 6.34. The predicted molar refractivity (Wildman–Crippen MR) is 125 cm³/mol. The van der Waals surface area contributed by atoms with Crippen LogP contribution >= 0.6 is 11.6 Å². The summed E-state index contributed by atoms with van der Waals surface area (Å²) in [6, 6.07) is 6.82. The number of hydrazine groups is 2. The minimum atomic E-state index is -0.334. The van der Waals surface area contributed by atoms with Crippen molar-refractivity contribution in [3.8, 4) is 5.88 Å². The standard InChI is InChI=1S/C23H27ClFN7O/c1-2-33-23-13-22(26-14-27-23)29-10-7-18(8-11-29)28-30-15-31-9-3-4-21(32(31)16-30)19-6-5-17(25)12-20(19)24/h3-6,9,12-14,18,28H,2,7-8,10-11,15-16H2,1H3. The molecule has 1 N–H and O–H groups in total. The summed E-state index contributed by atoms with van der Waals surface area (Å²) < 4.78 is 19.0. The first-order valence-corrected chi connectivity index (χ1v) is 11.6. The molecule has 3 aliphatic heterocycles. The number of hydrogen-bond donors (Lipinski definition) is 1. The van der Waals surface area contributed by atoms with Crippen molar-refractivity contribution < 1.29 is 9.13 Å². The summed E-state index contributed by atoms with van der Waals surface area (Å²) in [5.41, 5.74) is 5.46. The van der Waals surface area contributed by atoms with Crippen LogP contribution in [0, 0.1) is 5.82 Å². The van der Waals surface area contributed by atoms with Gasteiger partial charge in [-0.3, -0.25) is 10.0 Å². The molecule has 1 aromatic carbocycles. The zero-order valence-corrected chi connectivity index (χ0v) is 19.2. The van der Waals surface area contributed by atoms with Crippen molar-refractivity contribution >= 4 is 23.1 Å². The summed E-state index contributed by atoms with van der Waals surface area (Å²) in [5, 5.41) is 6.90. The molecule has 33 heavy (non-hydrogen) atoms. The van der Waals surface area contributed by atoms with Gasteiger partial charge in [0.1, 0.15) is 31.3 Å². The minimum Gasteiger partial charge on any atom is -0.478 e. The molecular formula is C23H27ClFN7O. The van der Waals surface area contributed by atoms with Crippen LogP contribution in [0.5, 0.6) is 5.88 Å². The molecule has 0 aliphatic carbocycles. The highest BCUT2D eigenvalue weighted by atomic mass is 35.5. The second kappa shape index (κ2) is 9.54. The average molecular weight is 472 g/mol. The highest BCUT2D eigenvalue weighted by Gasteiger charge is 2.32. The van der Waals surface area contributed by atoms with Gasteiger partial charge >= 0.3 is 0 Å². The molecule has 0 spiro atoms. The van der Waals surface area contributed by atoms with Gasteiger partial charge in [0.05, 0.1) is 17.3 Å². The number of fused-ring (bicyclic) bond motifs is 1. The number of ether oxygens (including phenoxy) is 1. The van der Waals surface area contributed by atoms with Gasteiger partial charge in [0.15, 0.2) is 0 Å². The number of nitrogens with zero attached hydrogens (tertiary/aromatic N) is 6. The summed E-state index contributed by atoms with van der Waals surface area (Å²) in [7, 11) is 0. The van der Waals surface area contributed by atoms with Crippen LogP contribution in [0.25, 0.3) is 5.70 Å². The number of allylic oxidation sites excluding steroid dienone is 2. The molecule has 10 heteroatoms. The Hall–Kier alpha value is -2.88. The van der Waals surface area contributed by atoms with Crippen LogP contribution in [0.1, 0.15) is 25.3 Å². The maximum Gasteiger partial charge on any atom is 0.218 e. The minimum absolute atomic E-state index is 0.334. The summed E-state index contributed by atoms with van der Waals surface area (Å²) in [6.45, 7) is 5.76. The Morgan fingerprint density at radius 2 is 2.03 bits per heavy atom. The zero-order chi connectivity index (χ0) is 22.8. The van der Waals surface area contributed by atoms with Gasteiger partial charge in [0, 0.05) is 37.0 Å². The molecule has 1 aromatic heterocycles. The van der Waals surface area contributed by atoms with Gasteiger partial charge < -0.3 is 9.64 Å². The SMILES string of the molecule is CCOc1cc(N2CCC(NN3CN4C=CC=C(c5ccc(F)cc5Cl)N4C3)CC2)ncn1. The normalized spacial score (nSPS) is 19.1. The summed E-state index contributed by atoms with van der Waals surface area (Å²) in [4.78, 5) is 10.8. The van der Waals surface area contributed by atoms with Crippen molar-refractivity contribution in [2.45, 2.75) is 25.8 Å². The van der Waals surface area contributed by atoms with E-state index in [2.05, 4.69) is 35.3 Å². The number of rotatable bonds is 6. The summed E-state index contributed by atoms with van der Waals surface area (Å²) in [5.74, 6) is 1.19. The van der Waals surface area contributed by atoms with Gasteiger partial charge in [0.2, 0.25) is 5.88 Å². The van der Waals surface area contributed by atoms with Gasteiger partial charge in [-0.1, -0.05) is 11.6 Å². The van der Waals surface area contributed by atoms with E-state index >= 15 is 0 Å². The van der Waals surface area contributed by atoms with Crippen LogP contribution in [-0.4, -0.2) is 64.1 Å². The van der Waals surface area contributed by atoms with Gasteiger partial charge in [0.25, 0.3) is 0 Å². The molecule has 0 amide bonds. The van der Waals surface area contributed by atoms with E-state index < -0.39 is 0 Å². The van der Waals surface area contributed by atoms with Crippen LogP contribution in [0.4, 0.5) is 10.2 Å². The molecule has 4 heterocycles. The second-order valence-electron chi connectivity index (χ2n) is 8.22. The predicted octanol–water partition coefficient (Wildman–Crippen LogP) is 3.46. The van der Waals surface area contributed by atoms with Crippen molar-refractivity contribution in [3.63, 3.8) is 0 Å². The lowest BCUT2D eigenvalue weighted by Gasteiger charge is -2.34. The third-order valence-corrected chi connectivity index (χ3v) is 6.34. The van der Waals surface area contributed by atoms with E-state index in [-0.39, 0.29) is 5.82 Å². The van der Waals surface area contributed by atoms with E-state index in [0.29, 0.717) is 30.2 Å². The first kappa shape index (κ1) is 21.9. The van der Waals surface area contributed by atoms with Gasteiger partial charge in [-0.25, -0.2) is 24.8 Å². The Morgan fingerprint density at radius 3 is 2.82 bits per heavy atom. The Balaban J connectivity index is 1.18. The fourth-order valence-corrected chi connectivity index (χ4v) is 4.70. The smallest absolute Gasteiger partial charge is 0.218 e. The lowest BCUT2D eigenvalue weighted by molar-refractivity contribution is 0.155. The quantitative estimate of drug-likeness (QED) is 0.687. The zero-order valence-electron chi connectivity index (χ0n) is 18.5. The second-order valence-corrected chi connectivity index (χ2v) is 8.62. The lowest BCUT2D eigenvalue weighted by atomic mass is 10.1. The maximum absolute atomic E-state index is 13.5. The van der Waals surface area contributed by atoms with Crippen molar-refractivity contribution in [2.75, 3.05) is 37.9 Å². The number of halogens is 2. The average Bonchev–Trinajstić information content (AvgIpc) is 3.23. The molecule has 2 aromatic rings. The van der Waals surface area contributed by atoms with Crippen molar-refractivity contribution in [2.24, 2.45) is 0 Å². The number of benzene rings is 1. The molecule has 2 saturated heterocycles. The third-order valence-electron chi connectivity index (χ3n) is 6.03. The molecule has 0 saturated carbocycles. The number of aromatic nitrogens is 2. The van der Waals surface area contributed by atoms with Gasteiger partial charge in [-0.2, -0.15) is 0 Å². The number of piperidine rings is 1. The first-order chi connectivity index (χ1) is 16.1. The highest BCUT2D eigenvalue weighted by molar-refractivity contribution is 6.32. The van der Waals surface area contributed by atoms with Gasteiger partial charge in [-0.15, -0.1) is 0 Å².